The summed E-state index contributed by atoms with van der Waals surface area (Å²) in [5.41, 5.74) is 0.0727. The molecule has 1 N–H and O–H groups in total. The highest BCUT2D eigenvalue weighted by atomic mass is 35.7. The van der Waals surface area contributed by atoms with E-state index in [0.717, 1.165) is 25.0 Å². The summed E-state index contributed by atoms with van der Waals surface area (Å²) < 4.78 is 41.7. The number of ether oxygens (including phenoxy) is 1. The van der Waals surface area contributed by atoms with Gasteiger partial charge in [0, 0.05) is 29.4 Å². The fourth-order valence-electron chi connectivity index (χ4n) is 2.25. The Bertz CT molecular complexity index is 656. The Morgan fingerprint density at radius 1 is 1.52 bits per heavy atom. The summed E-state index contributed by atoms with van der Waals surface area (Å²) in [4.78, 5) is 11.7. The third kappa shape index (κ3) is 3.93. The molecule has 1 fully saturated rings. The van der Waals surface area contributed by atoms with Crippen LogP contribution in [0.15, 0.2) is 17.0 Å². The van der Waals surface area contributed by atoms with E-state index in [1.165, 1.54) is 6.92 Å². The van der Waals surface area contributed by atoms with Crippen molar-refractivity contribution in [1.29, 1.82) is 0 Å². The highest BCUT2D eigenvalue weighted by molar-refractivity contribution is 8.13. The van der Waals surface area contributed by atoms with Gasteiger partial charge in [-0.3, -0.25) is 4.79 Å². The molecule has 0 radical (unpaired) electrons. The first-order valence-corrected chi connectivity index (χ1v) is 8.74. The molecule has 0 aromatic heterocycles. The monoisotopic (exact) mass is 335 g/mol. The zero-order valence-electron chi connectivity index (χ0n) is 11.4. The molecule has 0 saturated carbocycles. The molecule has 1 aliphatic heterocycles. The first kappa shape index (κ1) is 16.2. The molecule has 1 aliphatic rings. The number of halogens is 2. The maximum atomic E-state index is 13.5. The fourth-order valence-corrected chi connectivity index (χ4v) is 3.46. The van der Waals surface area contributed by atoms with Crippen molar-refractivity contribution < 1.29 is 22.3 Å². The highest BCUT2D eigenvalue weighted by Crippen LogP contribution is 2.24. The van der Waals surface area contributed by atoms with Crippen LogP contribution in [0.5, 0.6) is 0 Å². The van der Waals surface area contributed by atoms with Crippen molar-refractivity contribution in [2.45, 2.75) is 30.8 Å². The maximum Gasteiger partial charge on any atom is 0.261 e. The minimum atomic E-state index is -4.12. The van der Waals surface area contributed by atoms with E-state index in [4.69, 9.17) is 15.4 Å². The molecule has 0 spiro atoms. The van der Waals surface area contributed by atoms with E-state index in [0.29, 0.717) is 13.2 Å². The van der Waals surface area contributed by atoms with Crippen LogP contribution in [0.1, 0.15) is 28.8 Å². The lowest BCUT2D eigenvalue weighted by molar-refractivity contribution is 0.0856. The predicted molar refractivity (Wildman–Crippen MR) is 75.5 cm³/mol. The summed E-state index contributed by atoms with van der Waals surface area (Å²) in [6, 6.07) is 1.79. The first-order chi connectivity index (χ1) is 9.79. The summed E-state index contributed by atoms with van der Waals surface area (Å²) in [5, 5.41) is 2.62. The van der Waals surface area contributed by atoms with Crippen molar-refractivity contribution >= 4 is 25.6 Å². The molecule has 21 heavy (non-hydrogen) atoms. The number of rotatable bonds is 4. The molecule has 1 atom stereocenters. The molecule has 116 valence electrons. The lowest BCUT2D eigenvalue weighted by atomic mass is 10.1. The Kier molecular flexibility index (Phi) is 4.85. The third-order valence-corrected chi connectivity index (χ3v) is 4.79. The summed E-state index contributed by atoms with van der Waals surface area (Å²) in [6.45, 7) is 2.38. The molecular weight excluding hydrogens is 321 g/mol. The van der Waals surface area contributed by atoms with Crippen LogP contribution in [0.3, 0.4) is 0 Å². The predicted octanol–water partition coefficient (Wildman–Crippen LogP) is 1.97. The van der Waals surface area contributed by atoms with Crippen molar-refractivity contribution in [2.24, 2.45) is 0 Å². The fraction of sp³-hybridized carbons (Fsp3) is 0.462. The van der Waals surface area contributed by atoms with Crippen molar-refractivity contribution in [2.75, 3.05) is 13.2 Å². The van der Waals surface area contributed by atoms with E-state index in [-0.39, 0.29) is 17.2 Å². The normalized spacial score (nSPS) is 18.7. The molecule has 5 nitrogen and oxygen atoms in total. The largest absolute Gasteiger partial charge is 0.376 e. The highest BCUT2D eigenvalue weighted by Gasteiger charge is 2.22. The van der Waals surface area contributed by atoms with Crippen molar-refractivity contribution in [3.63, 3.8) is 0 Å². The van der Waals surface area contributed by atoms with Gasteiger partial charge >= 0.3 is 0 Å². The standard InChI is InChI=1S/C13H15ClFNO4S/c1-8-11(5-9(15)6-12(8)21(14,18)19)13(17)16-7-10-3-2-4-20-10/h5-6,10H,2-4,7H2,1H3,(H,16,17). The number of carbonyl (C=O) groups excluding carboxylic acids is 1. The summed E-state index contributed by atoms with van der Waals surface area (Å²) in [7, 11) is 1.13. The Balaban J connectivity index is 2.22. The van der Waals surface area contributed by atoms with Gasteiger partial charge in [0.2, 0.25) is 0 Å². The molecule has 0 bridgehead atoms. The van der Waals surface area contributed by atoms with Gasteiger partial charge in [0.25, 0.3) is 15.0 Å². The quantitative estimate of drug-likeness (QED) is 0.854. The number of amides is 1. The number of hydrogen-bond acceptors (Lipinski definition) is 4. The van der Waals surface area contributed by atoms with Gasteiger partial charge < -0.3 is 10.1 Å². The van der Waals surface area contributed by atoms with Gasteiger partial charge in [0.05, 0.1) is 11.0 Å². The summed E-state index contributed by atoms with van der Waals surface area (Å²) in [6.07, 6.45) is 1.73. The van der Waals surface area contributed by atoms with Crippen molar-refractivity contribution in [3.05, 3.63) is 29.1 Å². The van der Waals surface area contributed by atoms with Gasteiger partial charge in [-0.05, 0) is 37.5 Å². The second-order valence-electron chi connectivity index (χ2n) is 4.86. The van der Waals surface area contributed by atoms with E-state index < -0.39 is 25.7 Å². The third-order valence-electron chi connectivity index (χ3n) is 3.35. The average molecular weight is 336 g/mol. The molecule has 1 unspecified atom stereocenters. The van der Waals surface area contributed by atoms with Crippen LogP contribution in [0.25, 0.3) is 0 Å². The van der Waals surface area contributed by atoms with Crippen LogP contribution in [0, 0.1) is 12.7 Å². The molecule has 1 heterocycles. The molecule has 1 saturated heterocycles. The molecule has 0 aliphatic carbocycles. The van der Waals surface area contributed by atoms with Gasteiger partial charge in [-0.1, -0.05) is 0 Å². The van der Waals surface area contributed by atoms with Gasteiger partial charge in [-0.15, -0.1) is 0 Å². The zero-order chi connectivity index (χ0) is 15.6. The van der Waals surface area contributed by atoms with E-state index in [2.05, 4.69) is 5.32 Å². The van der Waals surface area contributed by atoms with Crippen molar-refractivity contribution in [3.8, 4) is 0 Å². The molecule has 1 aromatic carbocycles. The van der Waals surface area contributed by atoms with Crippen LogP contribution >= 0.6 is 10.7 Å². The minimum Gasteiger partial charge on any atom is -0.376 e. The van der Waals surface area contributed by atoms with Gasteiger partial charge in [-0.25, -0.2) is 12.8 Å². The topological polar surface area (TPSA) is 72.5 Å². The van der Waals surface area contributed by atoms with Gasteiger partial charge in [-0.2, -0.15) is 0 Å². The van der Waals surface area contributed by atoms with Crippen LogP contribution in [-0.2, 0) is 13.8 Å². The van der Waals surface area contributed by atoms with E-state index in [1.807, 2.05) is 0 Å². The van der Waals surface area contributed by atoms with E-state index >= 15 is 0 Å². The Morgan fingerprint density at radius 2 is 2.24 bits per heavy atom. The van der Waals surface area contributed by atoms with E-state index in [1.54, 1.807) is 0 Å². The Hall–Kier alpha value is -1.18. The number of hydrogen-bond donors (Lipinski definition) is 1. The average Bonchev–Trinajstić information content (AvgIpc) is 2.90. The van der Waals surface area contributed by atoms with Crippen molar-refractivity contribution in [1.82, 2.24) is 5.32 Å². The maximum absolute atomic E-state index is 13.5. The molecule has 2 rings (SSSR count). The Labute approximate surface area is 126 Å². The second-order valence-corrected chi connectivity index (χ2v) is 7.39. The summed E-state index contributed by atoms with van der Waals surface area (Å²) in [5.74, 6) is -1.38. The number of carbonyl (C=O) groups is 1. The summed E-state index contributed by atoms with van der Waals surface area (Å²) >= 11 is 0. The van der Waals surface area contributed by atoms with Gasteiger partial charge in [0.15, 0.2) is 0 Å². The number of benzene rings is 1. The Morgan fingerprint density at radius 3 is 2.81 bits per heavy atom. The van der Waals surface area contributed by atoms with Crippen LogP contribution < -0.4 is 5.32 Å². The lowest BCUT2D eigenvalue weighted by Crippen LogP contribution is -2.32. The van der Waals surface area contributed by atoms with Crippen LogP contribution in [-0.4, -0.2) is 33.6 Å². The van der Waals surface area contributed by atoms with Crippen LogP contribution in [0.4, 0.5) is 4.39 Å². The molecular formula is C13H15ClFNO4S. The lowest BCUT2D eigenvalue weighted by Gasteiger charge is -2.13. The molecule has 8 heteroatoms. The molecule has 1 aromatic rings. The number of nitrogens with one attached hydrogen (secondary N) is 1. The van der Waals surface area contributed by atoms with E-state index in [9.17, 15) is 17.6 Å². The zero-order valence-corrected chi connectivity index (χ0v) is 12.9. The molecule has 1 amide bonds. The SMILES string of the molecule is Cc1c(C(=O)NCC2CCCO2)cc(F)cc1S(=O)(=O)Cl. The smallest absolute Gasteiger partial charge is 0.261 e. The van der Waals surface area contributed by atoms with Crippen LogP contribution in [0.2, 0.25) is 0 Å². The minimum absolute atomic E-state index is 0.0489. The second kappa shape index (κ2) is 6.29. The first-order valence-electron chi connectivity index (χ1n) is 6.43. The van der Waals surface area contributed by atoms with Gasteiger partial charge in [0.1, 0.15) is 5.82 Å².